The van der Waals surface area contributed by atoms with Crippen LogP contribution in [0.4, 0.5) is 11.6 Å². The average Bonchev–Trinajstić information content (AvgIpc) is 2.74. The van der Waals surface area contributed by atoms with Gasteiger partial charge in [0.2, 0.25) is 11.9 Å². The van der Waals surface area contributed by atoms with E-state index in [0.717, 1.165) is 5.56 Å². The van der Waals surface area contributed by atoms with Gasteiger partial charge in [0, 0.05) is 49.5 Å². The first-order valence-electron chi connectivity index (χ1n) is 8.75. The van der Waals surface area contributed by atoms with E-state index in [1.807, 2.05) is 12.1 Å². The number of nitrogens with zero attached hydrogens (tertiary/aromatic N) is 3. The standard InChI is InChI=1S/C20H21N5O3/c1-27-17-4-3-16(13-18(17)28-14-15-5-10-21-11-6-15)25-19(26)7-12-24-20-22-8-2-9-23-20/h2-6,8-11,13H,7,12,14H2,1H3,(H,25,26)(H,22,23,24). The van der Waals surface area contributed by atoms with Gasteiger partial charge in [-0.3, -0.25) is 9.78 Å². The fraction of sp³-hybridized carbons (Fsp3) is 0.200. The lowest BCUT2D eigenvalue weighted by atomic mass is 10.2. The summed E-state index contributed by atoms with van der Waals surface area (Å²) in [6.07, 6.45) is 6.97. The Hall–Kier alpha value is -3.68. The predicted octanol–water partition coefficient (Wildman–Crippen LogP) is 2.90. The Bertz CT molecular complexity index is 891. The minimum atomic E-state index is -0.131. The zero-order valence-corrected chi connectivity index (χ0v) is 15.5. The third-order valence-corrected chi connectivity index (χ3v) is 3.79. The van der Waals surface area contributed by atoms with Crippen LogP contribution in [0.15, 0.2) is 61.2 Å². The molecule has 3 rings (SSSR count). The van der Waals surface area contributed by atoms with Crippen molar-refractivity contribution in [2.75, 3.05) is 24.3 Å². The van der Waals surface area contributed by atoms with E-state index in [0.29, 0.717) is 36.3 Å². The molecular weight excluding hydrogens is 358 g/mol. The van der Waals surface area contributed by atoms with Gasteiger partial charge >= 0.3 is 0 Å². The second-order valence-electron chi connectivity index (χ2n) is 5.81. The van der Waals surface area contributed by atoms with E-state index < -0.39 is 0 Å². The molecule has 8 heteroatoms. The van der Waals surface area contributed by atoms with Gasteiger partial charge in [0.25, 0.3) is 0 Å². The van der Waals surface area contributed by atoms with Gasteiger partial charge in [0.15, 0.2) is 11.5 Å². The summed E-state index contributed by atoms with van der Waals surface area (Å²) in [6, 6.07) is 10.8. The lowest BCUT2D eigenvalue weighted by Crippen LogP contribution is -2.17. The maximum absolute atomic E-state index is 12.2. The topological polar surface area (TPSA) is 98.3 Å². The zero-order chi connectivity index (χ0) is 19.6. The largest absolute Gasteiger partial charge is 0.493 e. The molecule has 0 spiro atoms. The Balaban J connectivity index is 1.55. The number of aromatic nitrogens is 3. The van der Waals surface area contributed by atoms with Crippen LogP contribution in [-0.4, -0.2) is 34.5 Å². The molecule has 1 aromatic carbocycles. The van der Waals surface area contributed by atoms with E-state index in [2.05, 4.69) is 25.6 Å². The van der Waals surface area contributed by atoms with Crippen LogP contribution in [0.2, 0.25) is 0 Å². The quantitative estimate of drug-likeness (QED) is 0.590. The van der Waals surface area contributed by atoms with E-state index in [4.69, 9.17) is 9.47 Å². The van der Waals surface area contributed by atoms with Crippen molar-refractivity contribution in [1.29, 1.82) is 0 Å². The molecule has 144 valence electrons. The van der Waals surface area contributed by atoms with Gasteiger partial charge in [-0.25, -0.2) is 9.97 Å². The fourth-order valence-corrected chi connectivity index (χ4v) is 2.41. The highest BCUT2D eigenvalue weighted by Crippen LogP contribution is 2.31. The van der Waals surface area contributed by atoms with Crippen LogP contribution in [0.3, 0.4) is 0 Å². The number of carbonyl (C=O) groups excluding carboxylic acids is 1. The van der Waals surface area contributed by atoms with Crippen molar-refractivity contribution >= 4 is 17.5 Å². The van der Waals surface area contributed by atoms with Gasteiger partial charge in [-0.2, -0.15) is 0 Å². The van der Waals surface area contributed by atoms with Gasteiger partial charge in [-0.05, 0) is 35.9 Å². The minimum Gasteiger partial charge on any atom is -0.493 e. The molecule has 1 amide bonds. The number of hydrogen-bond donors (Lipinski definition) is 2. The Morgan fingerprint density at radius 2 is 1.82 bits per heavy atom. The fourth-order valence-electron chi connectivity index (χ4n) is 2.41. The first-order valence-corrected chi connectivity index (χ1v) is 8.75. The van der Waals surface area contributed by atoms with Crippen LogP contribution >= 0.6 is 0 Å². The molecular formula is C20H21N5O3. The number of nitrogens with one attached hydrogen (secondary N) is 2. The van der Waals surface area contributed by atoms with Crippen molar-refractivity contribution in [3.05, 3.63) is 66.7 Å². The molecule has 2 N–H and O–H groups in total. The molecule has 0 atom stereocenters. The molecule has 0 radical (unpaired) electrons. The van der Waals surface area contributed by atoms with E-state index in [-0.39, 0.29) is 12.3 Å². The number of anilines is 2. The molecule has 3 aromatic rings. The van der Waals surface area contributed by atoms with Crippen LogP contribution in [-0.2, 0) is 11.4 Å². The number of pyridine rings is 1. The first kappa shape index (κ1) is 19.1. The van der Waals surface area contributed by atoms with Crippen LogP contribution in [0.1, 0.15) is 12.0 Å². The summed E-state index contributed by atoms with van der Waals surface area (Å²) in [5.41, 5.74) is 1.62. The molecule has 0 saturated heterocycles. The van der Waals surface area contributed by atoms with E-state index in [1.165, 1.54) is 0 Å². The van der Waals surface area contributed by atoms with Gasteiger partial charge in [0.1, 0.15) is 6.61 Å². The molecule has 0 saturated carbocycles. The lowest BCUT2D eigenvalue weighted by Gasteiger charge is -2.13. The van der Waals surface area contributed by atoms with E-state index >= 15 is 0 Å². The maximum atomic E-state index is 12.2. The molecule has 2 aromatic heterocycles. The summed E-state index contributed by atoms with van der Waals surface area (Å²) in [5.74, 6) is 1.50. The summed E-state index contributed by atoms with van der Waals surface area (Å²) in [5, 5.41) is 5.85. The van der Waals surface area contributed by atoms with E-state index in [1.54, 1.807) is 56.2 Å². The summed E-state index contributed by atoms with van der Waals surface area (Å²) >= 11 is 0. The Labute approximate surface area is 163 Å². The molecule has 0 aliphatic rings. The second kappa shape index (κ2) is 9.86. The summed E-state index contributed by atoms with van der Waals surface area (Å²) in [4.78, 5) is 24.3. The zero-order valence-electron chi connectivity index (χ0n) is 15.5. The molecule has 28 heavy (non-hydrogen) atoms. The van der Waals surface area contributed by atoms with Gasteiger partial charge in [0.05, 0.1) is 7.11 Å². The number of methoxy groups -OCH3 is 1. The van der Waals surface area contributed by atoms with Crippen molar-refractivity contribution in [3.63, 3.8) is 0 Å². The van der Waals surface area contributed by atoms with Gasteiger partial charge < -0.3 is 20.1 Å². The Morgan fingerprint density at radius 1 is 1.04 bits per heavy atom. The number of ether oxygens (including phenoxy) is 2. The maximum Gasteiger partial charge on any atom is 0.226 e. The third-order valence-electron chi connectivity index (χ3n) is 3.79. The highest BCUT2D eigenvalue weighted by molar-refractivity contribution is 5.91. The molecule has 8 nitrogen and oxygen atoms in total. The van der Waals surface area contributed by atoms with Crippen molar-refractivity contribution in [3.8, 4) is 11.5 Å². The van der Waals surface area contributed by atoms with Crippen LogP contribution in [0, 0.1) is 0 Å². The Morgan fingerprint density at radius 3 is 2.57 bits per heavy atom. The van der Waals surface area contributed by atoms with Crippen LogP contribution in [0.25, 0.3) is 0 Å². The SMILES string of the molecule is COc1ccc(NC(=O)CCNc2ncccn2)cc1OCc1ccncc1. The Kier molecular flexibility index (Phi) is 6.73. The highest BCUT2D eigenvalue weighted by Gasteiger charge is 2.09. The van der Waals surface area contributed by atoms with Gasteiger partial charge in [-0.15, -0.1) is 0 Å². The molecule has 0 unspecified atom stereocenters. The van der Waals surface area contributed by atoms with Crippen LogP contribution < -0.4 is 20.1 Å². The molecule has 2 heterocycles. The average molecular weight is 379 g/mol. The number of carbonyl (C=O) groups is 1. The number of hydrogen-bond acceptors (Lipinski definition) is 7. The summed E-state index contributed by atoms with van der Waals surface area (Å²) in [7, 11) is 1.57. The molecule has 0 aliphatic carbocycles. The number of benzene rings is 1. The molecule has 0 fully saturated rings. The number of amides is 1. The van der Waals surface area contributed by atoms with Gasteiger partial charge in [-0.1, -0.05) is 0 Å². The normalized spacial score (nSPS) is 10.2. The smallest absolute Gasteiger partial charge is 0.226 e. The first-order chi connectivity index (χ1) is 13.7. The predicted molar refractivity (Wildman–Crippen MR) is 105 cm³/mol. The molecule has 0 bridgehead atoms. The third kappa shape index (κ3) is 5.66. The van der Waals surface area contributed by atoms with Crippen molar-refractivity contribution < 1.29 is 14.3 Å². The van der Waals surface area contributed by atoms with Crippen molar-refractivity contribution in [1.82, 2.24) is 15.0 Å². The summed E-state index contributed by atoms with van der Waals surface area (Å²) < 4.78 is 11.2. The monoisotopic (exact) mass is 379 g/mol. The van der Waals surface area contributed by atoms with Crippen LogP contribution in [0.5, 0.6) is 11.5 Å². The van der Waals surface area contributed by atoms with E-state index in [9.17, 15) is 4.79 Å². The molecule has 0 aliphatic heterocycles. The van der Waals surface area contributed by atoms with Crippen molar-refractivity contribution in [2.45, 2.75) is 13.0 Å². The van der Waals surface area contributed by atoms with Crippen molar-refractivity contribution in [2.24, 2.45) is 0 Å². The lowest BCUT2D eigenvalue weighted by molar-refractivity contribution is -0.115. The minimum absolute atomic E-state index is 0.131. The highest BCUT2D eigenvalue weighted by atomic mass is 16.5. The summed E-state index contributed by atoms with van der Waals surface area (Å²) in [6.45, 7) is 0.800. The number of rotatable bonds is 9. The second-order valence-corrected chi connectivity index (χ2v) is 5.81.